The molecule has 28 heavy (non-hydrogen) atoms. The fourth-order valence-corrected chi connectivity index (χ4v) is 4.72. The van der Waals surface area contributed by atoms with Gasteiger partial charge in [-0.3, -0.25) is 9.88 Å². The van der Waals surface area contributed by atoms with Crippen molar-refractivity contribution < 1.29 is 9.53 Å². The second-order valence-electron chi connectivity index (χ2n) is 7.66. The topological polar surface area (TPSA) is 54.5 Å². The van der Waals surface area contributed by atoms with Crippen LogP contribution in [0.1, 0.15) is 24.5 Å². The van der Waals surface area contributed by atoms with Crippen LogP contribution in [0.15, 0.2) is 61.8 Å². The van der Waals surface area contributed by atoms with Gasteiger partial charge in [0.15, 0.2) is 0 Å². The Labute approximate surface area is 166 Å². The first-order valence-electron chi connectivity index (χ1n) is 9.97. The maximum absolute atomic E-state index is 12.5. The Morgan fingerprint density at radius 2 is 2.21 bits per heavy atom. The van der Waals surface area contributed by atoms with E-state index in [1.54, 1.807) is 12.3 Å². The number of carbonyl (C=O) groups excluding carboxylic acids is 1. The van der Waals surface area contributed by atoms with E-state index in [9.17, 15) is 4.79 Å². The monoisotopic (exact) mass is 377 g/mol. The minimum atomic E-state index is -0.409. The Balaban J connectivity index is 1.69. The number of carbonyl (C=O) groups is 1. The third-order valence-corrected chi connectivity index (χ3v) is 6.12. The van der Waals surface area contributed by atoms with Gasteiger partial charge in [-0.2, -0.15) is 0 Å². The fraction of sp³-hybridized carbons (Fsp3) is 0.391. The number of ether oxygens (including phenoxy) is 1. The van der Waals surface area contributed by atoms with E-state index in [0.717, 1.165) is 36.0 Å². The summed E-state index contributed by atoms with van der Waals surface area (Å²) in [6.07, 6.45) is 6.98. The number of fused-ring (bicyclic) bond motifs is 4. The number of hydrogen-bond acceptors (Lipinski definition) is 4. The van der Waals surface area contributed by atoms with Crippen molar-refractivity contribution in [3.8, 4) is 0 Å². The zero-order chi connectivity index (χ0) is 19.5. The van der Waals surface area contributed by atoms with Gasteiger partial charge in [0, 0.05) is 30.2 Å². The Hall–Kier alpha value is -2.66. The van der Waals surface area contributed by atoms with Crippen molar-refractivity contribution in [2.24, 2.45) is 11.8 Å². The van der Waals surface area contributed by atoms with E-state index in [-0.39, 0.29) is 12.1 Å². The lowest BCUT2D eigenvalue weighted by molar-refractivity contribution is -0.0496. The van der Waals surface area contributed by atoms with Gasteiger partial charge in [-0.05, 0) is 43.4 Å². The van der Waals surface area contributed by atoms with Crippen LogP contribution in [0.25, 0.3) is 10.9 Å². The van der Waals surface area contributed by atoms with Crippen LogP contribution in [-0.2, 0) is 4.74 Å². The van der Waals surface area contributed by atoms with Crippen molar-refractivity contribution >= 4 is 17.0 Å². The number of rotatable bonds is 6. The second-order valence-corrected chi connectivity index (χ2v) is 7.66. The minimum Gasteiger partial charge on any atom is -0.440 e. The van der Waals surface area contributed by atoms with Gasteiger partial charge in [0.2, 0.25) is 0 Å². The third-order valence-electron chi connectivity index (χ3n) is 6.12. The molecule has 3 unspecified atom stereocenters. The van der Waals surface area contributed by atoms with E-state index in [1.807, 2.05) is 24.3 Å². The van der Waals surface area contributed by atoms with Gasteiger partial charge in [-0.15, -0.1) is 13.2 Å². The van der Waals surface area contributed by atoms with Gasteiger partial charge in [0.1, 0.15) is 6.10 Å². The molecule has 2 aromatic rings. The molecular formula is C23H27N3O2. The number of amides is 1. The van der Waals surface area contributed by atoms with E-state index in [0.29, 0.717) is 18.4 Å². The van der Waals surface area contributed by atoms with Gasteiger partial charge in [-0.1, -0.05) is 30.4 Å². The smallest absolute Gasteiger partial charge is 0.408 e. The minimum absolute atomic E-state index is 0.162. The molecule has 5 heteroatoms. The molecule has 3 aliphatic rings. The second kappa shape index (κ2) is 8.15. The molecule has 5 rings (SSSR count). The summed E-state index contributed by atoms with van der Waals surface area (Å²) in [5, 5.41) is 3.79. The standard InChI is InChI=1S/C23H27N3O2/c1-3-11-25-23(27)28-22(19-9-12-24-20-8-6-5-7-18(19)20)21-14-17-10-13-26(21)15-16(17)4-2/h3-9,12,16-17,21-22H,1-2,10-11,13-15H2,(H,25,27)/t16-,17?,21?,22-/m0/s1. The zero-order valence-corrected chi connectivity index (χ0v) is 16.1. The van der Waals surface area contributed by atoms with Crippen LogP contribution in [0.4, 0.5) is 4.79 Å². The van der Waals surface area contributed by atoms with Gasteiger partial charge >= 0.3 is 6.09 Å². The van der Waals surface area contributed by atoms with E-state index < -0.39 is 6.09 Å². The summed E-state index contributed by atoms with van der Waals surface area (Å²) in [5.41, 5.74) is 1.94. The Morgan fingerprint density at radius 3 is 2.96 bits per heavy atom. The van der Waals surface area contributed by atoms with Gasteiger partial charge < -0.3 is 10.1 Å². The van der Waals surface area contributed by atoms with Crippen molar-refractivity contribution in [3.05, 3.63) is 67.4 Å². The summed E-state index contributed by atoms with van der Waals surface area (Å²) < 4.78 is 6.01. The number of benzene rings is 1. The van der Waals surface area contributed by atoms with E-state index in [1.165, 1.54) is 6.42 Å². The number of piperidine rings is 3. The number of hydrogen-bond donors (Lipinski definition) is 1. The number of aromatic nitrogens is 1. The molecule has 1 aromatic heterocycles. The first-order chi connectivity index (χ1) is 13.7. The number of nitrogens with one attached hydrogen (secondary N) is 1. The van der Waals surface area contributed by atoms with Crippen molar-refractivity contribution in [3.63, 3.8) is 0 Å². The summed E-state index contributed by atoms with van der Waals surface area (Å²) in [5.74, 6) is 1.12. The van der Waals surface area contributed by atoms with Crippen LogP contribution in [0.5, 0.6) is 0 Å². The summed E-state index contributed by atoms with van der Waals surface area (Å²) >= 11 is 0. The zero-order valence-electron chi connectivity index (χ0n) is 16.1. The highest BCUT2D eigenvalue weighted by Gasteiger charge is 2.44. The molecule has 1 aromatic carbocycles. The van der Waals surface area contributed by atoms with Crippen molar-refractivity contribution in [2.75, 3.05) is 19.6 Å². The van der Waals surface area contributed by atoms with E-state index >= 15 is 0 Å². The van der Waals surface area contributed by atoms with Crippen molar-refractivity contribution in [1.82, 2.24) is 15.2 Å². The Kier molecular flexibility index (Phi) is 5.44. The largest absolute Gasteiger partial charge is 0.440 e. The average Bonchev–Trinajstić information content (AvgIpc) is 2.76. The van der Waals surface area contributed by atoms with Crippen LogP contribution in [0.2, 0.25) is 0 Å². The molecule has 0 radical (unpaired) electrons. The van der Waals surface area contributed by atoms with Crippen LogP contribution in [0, 0.1) is 11.8 Å². The van der Waals surface area contributed by atoms with Crippen LogP contribution in [-0.4, -0.2) is 41.7 Å². The molecule has 3 fully saturated rings. The van der Waals surface area contributed by atoms with Crippen molar-refractivity contribution in [1.29, 1.82) is 0 Å². The van der Waals surface area contributed by atoms with Gasteiger partial charge in [0.25, 0.3) is 0 Å². The normalized spacial score (nSPS) is 27.1. The molecule has 3 aliphatic heterocycles. The summed E-state index contributed by atoms with van der Waals surface area (Å²) in [4.78, 5) is 19.4. The predicted molar refractivity (Wildman–Crippen MR) is 111 cm³/mol. The molecule has 4 heterocycles. The van der Waals surface area contributed by atoms with Crippen LogP contribution < -0.4 is 5.32 Å². The van der Waals surface area contributed by atoms with Crippen LogP contribution >= 0.6 is 0 Å². The number of alkyl carbamates (subject to hydrolysis) is 1. The molecule has 0 saturated carbocycles. The molecule has 1 amide bonds. The number of para-hydroxylation sites is 1. The van der Waals surface area contributed by atoms with Gasteiger partial charge in [-0.25, -0.2) is 4.79 Å². The van der Waals surface area contributed by atoms with E-state index in [2.05, 4.69) is 40.5 Å². The quantitative estimate of drug-likeness (QED) is 0.771. The first-order valence-corrected chi connectivity index (χ1v) is 9.97. The Bertz CT molecular complexity index is 876. The molecule has 3 saturated heterocycles. The van der Waals surface area contributed by atoms with Crippen molar-refractivity contribution in [2.45, 2.75) is 25.0 Å². The third kappa shape index (κ3) is 3.54. The molecule has 5 nitrogen and oxygen atoms in total. The molecule has 2 bridgehead atoms. The average molecular weight is 377 g/mol. The highest BCUT2D eigenvalue weighted by Crippen LogP contribution is 2.43. The molecule has 0 spiro atoms. The highest BCUT2D eigenvalue weighted by molar-refractivity contribution is 5.82. The van der Waals surface area contributed by atoms with E-state index in [4.69, 9.17) is 4.74 Å². The maximum atomic E-state index is 12.5. The highest BCUT2D eigenvalue weighted by atomic mass is 16.6. The first kappa shape index (κ1) is 18.7. The predicted octanol–water partition coefficient (Wildman–Crippen LogP) is 4.08. The fourth-order valence-electron chi connectivity index (χ4n) is 4.72. The molecule has 1 N–H and O–H groups in total. The number of nitrogens with zero attached hydrogens (tertiary/aromatic N) is 2. The lowest BCUT2D eigenvalue weighted by atomic mass is 9.73. The lowest BCUT2D eigenvalue weighted by Crippen LogP contribution is -2.55. The van der Waals surface area contributed by atoms with Gasteiger partial charge in [0.05, 0.1) is 11.6 Å². The summed E-state index contributed by atoms with van der Waals surface area (Å²) in [6.45, 7) is 10.1. The maximum Gasteiger partial charge on any atom is 0.408 e. The summed E-state index contributed by atoms with van der Waals surface area (Å²) in [6, 6.07) is 10.2. The molecule has 5 atom stereocenters. The lowest BCUT2D eigenvalue weighted by Gasteiger charge is -2.51. The SMILES string of the molecule is C=CCNC(=O)O[C@@H](c1ccnc2ccccc12)C1CC2CCN1C[C@@H]2C=C. The molecule has 0 aliphatic carbocycles. The Morgan fingerprint density at radius 1 is 1.36 bits per heavy atom. The summed E-state index contributed by atoms with van der Waals surface area (Å²) in [7, 11) is 0. The molecular weight excluding hydrogens is 350 g/mol. The molecule has 146 valence electrons. The van der Waals surface area contributed by atoms with Crippen LogP contribution in [0.3, 0.4) is 0 Å². The number of pyridine rings is 1.